The standard InChI is InChI=1S/C57H39N/c1-37(23-24-39-25-26-40-14-13-33-58-56(40)38(39)2)41-27-31-51-52-32-29-43(36-55(52)57(54(51)35-41,44-15-5-3-6-16-44)45-17-7-4-8-18-45)42-28-30-50-48-21-10-9-19-46(48)47-20-11-12-22-49(47)53(50)34-42/h3-36H,1H2,2H3/b24-23-. The quantitative estimate of drug-likeness (QED) is 0.122. The van der Waals surface area contributed by atoms with Crippen LogP contribution in [0.2, 0.25) is 0 Å². The lowest BCUT2D eigenvalue weighted by atomic mass is 9.67. The molecule has 0 bridgehead atoms. The van der Waals surface area contributed by atoms with Crippen molar-refractivity contribution < 1.29 is 0 Å². The summed E-state index contributed by atoms with van der Waals surface area (Å²) >= 11 is 0. The van der Waals surface area contributed by atoms with Crippen molar-refractivity contribution in [2.75, 3.05) is 0 Å². The first kappa shape index (κ1) is 33.9. The number of aromatic nitrogens is 1. The van der Waals surface area contributed by atoms with E-state index in [1.807, 2.05) is 12.3 Å². The van der Waals surface area contributed by atoms with E-state index in [4.69, 9.17) is 0 Å². The number of hydrogen-bond acceptors (Lipinski definition) is 1. The number of rotatable bonds is 6. The summed E-state index contributed by atoms with van der Waals surface area (Å²) in [6.45, 7) is 6.76. The van der Waals surface area contributed by atoms with Gasteiger partial charge in [-0.05, 0) is 130 Å². The third-order valence-electron chi connectivity index (χ3n) is 12.5. The molecule has 0 spiro atoms. The Hall–Kier alpha value is -7.35. The number of pyridine rings is 1. The Labute approximate surface area is 338 Å². The molecule has 0 saturated carbocycles. The number of hydrogen-bond donors (Lipinski definition) is 0. The van der Waals surface area contributed by atoms with E-state index in [1.165, 1.54) is 82.4 Å². The molecule has 11 rings (SSSR count). The van der Waals surface area contributed by atoms with E-state index in [2.05, 4.69) is 213 Å². The Morgan fingerprint density at radius 3 is 1.72 bits per heavy atom. The van der Waals surface area contributed by atoms with E-state index in [9.17, 15) is 0 Å². The highest BCUT2D eigenvalue weighted by molar-refractivity contribution is 6.25. The predicted octanol–water partition coefficient (Wildman–Crippen LogP) is 14.8. The molecule has 1 aliphatic rings. The molecule has 1 nitrogen and oxygen atoms in total. The molecule has 0 fully saturated rings. The molecule has 0 radical (unpaired) electrons. The number of allylic oxidation sites excluding steroid dienone is 2. The van der Waals surface area contributed by atoms with Crippen molar-refractivity contribution in [3.8, 4) is 22.3 Å². The molecule has 1 aromatic heterocycles. The van der Waals surface area contributed by atoms with Gasteiger partial charge in [0, 0.05) is 11.6 Å². The summed E-state index contributed by atoms with van der Waals surface area (Å²) in [6, 6.07) is 69.3. The van der Waals surface area contributed by atoms with Crippen LogP contribution in [0.25, 0.3) is 77.1 Å². The minimum atomic E-state index is -0.552. The number of benzene rings is 9. The van der Waals surface area contributed by atoms with Gasteiger partial charge in [0.25, 0.3) is 0 Å². The second-order valence-electron chi connectivity index (χ2n) is 15.6. The smallest absolute Gasteiger partial charge is 0.0737 e. The van der Waals surface area contributed by atoms with E-state index in [1.54, 1.807) is 0 Å². The van der Waals surface area contributed by atoms with E-state index in [-0.39, 0.29) is 0 Å². The lowest BCUT2D eigenvalue weighted by Gasteiger charge is -2.34. The minimum absolute atomic E-state index is 0.552. The maximum atomic E-state index is 4.66. The second-order valence-corrected chi connectivity index (χ2v) is 15.6. The summed E-state index contributed by atoms with van der Waals surface area (Å²) in [7, 11) is 0. The van der Waals surface area contributed by atoms with Gasteiger partial charge < -0.3 is 0 Å². The average molecular weight is 738 g/mol. The van der Waals surface area contributed by atoms with Crippen LogP contribution in [0, 0.1) is 6.92 Å². The Bertz CT molecular complexity index is 3220. The van der Waals surface area contributed by atoms with Crippen LogP contribution in [0.5, 0.6) is 0 Å². The molecule has 0 unspecified atom stereocenters. The van der Waals surface area contributed by atoms with Crippen molar-refractivity contribution in [2.24, 2.45) is 0 Å². The summed E-state index contributed by atoms with van der Waals surface area (Å²) in [5.74, 6) is 0. The zero-order chi connectivity index (χ0) is 38.8. The maximum Gasteiger partial charge on any atom is 0.0737 e. The van der Waals surface area contributed by atoms with Crippen molar-refractivity contribution in [3.63, 3.8) is 0 Å². The monoisotopic (exact) mass is 737 g/mol. The highest BCUT2D eigenvalue weighted by atomic mass is 14.6. The fourth-order valence-electron chi connectivity index (χ4n) is 9.73. The van der Waals surface area contributed by atoms with Gasteiger partial charge in [0.05, 0.1) is 10.9 Å². The second kappa shape index (κ2) is 13.4. The Balaban J connectivity index is 1.09. The largest absolute Gasteiger partial charge is 0.256 e. The van der Waals surface area contributed by atoms with Crippen molar-refractivity contribution in [3.05, 3.63) is 246 Å². The molecule has 58 heavy (non-hydrogen) atoms. The third kappa shape index (κ3) is 5.14. The van der Waals surface area contributed by atoms with Crippen LogP contribution in [0.4, 0.5) is 0 Å². The van der Waals surface area contributed by atoms with Crippen LogP contribution in [0.15, 0.2) is 207 Å². The first-order valence-electron chi connectivity index (χ1n) is 20.1. The van der Waals surface area contributed by atoms with Crippen LogP contribution in [0.1, 0.15) is 38.9 Å². The van der Waals surface area contributed by atoms with Gasteiger partial charge in [-0.1, -0.05) is 183 Å². The maximum absolute atomic E-state index is 4.66. The van der Waals surface area contributed by atoms with E-state index in [0.717, 1.165) is 27.6 Å². The minimum Gasteiger partial charge on any atom is -0.256 e. The topological polar surface area (TPSA) is 12.9 Å². The fraction of sp³-hybridized carbons (Fsp3) is 0.0351. The van der Waals surface area contributed by atoms with Gasteiger partial charge in [0.15, 0.2) is 0 Å². The molecule has 10 aromatic rings. The van der Waals surface area contributed by atoms with Gasteiger partial charge in [0.2, 0.25) is 0 Å². The van der Waals surface area contributed by atoms with Crippen LogP contribution < -0.4 is 0 Å². The molecular weight excluding hydrogens is 699 g/mol. The number of aryl methyl sites for hydroxylation is 1. The molecular formula is C57H39N. The van der Waals surface area contributed by atoms with E-state index < -0.39 is 5.41 Å². The SMILES string of the molecule is C=C(/C=C\c1ccc2cccnc2c1C)c1ccc2c(c1)C(c1ccccc1)(c1ccccc1)c1cc(-c3ccc4c5ccccc5c5ccccc5c4c3)ccc1-2. The van der Waals surface area contributed by atoms with Crippen molar-refractivity contribution in [2.45, 2.75) is 12.3 Å². The normalized spacial score (nSPS) is 13.1. The van der Waals surface area contributed by atoms with Crippen molar-refractivity contribution >= 4 is 54.9 Å². The van der Waals surface area contributed by atoms with E-state index in [0.29, 0.717) is 0 Å². The number of fused-ring (bicyclic) bond motifs is 10. The molecule has 0 saturated heterocycles. The molecule has 0 amide bonds. The van der Waals surface area contributed by atoms with Crippen LogP contribution >= 0.6 is 0 Å². The molecule has 0 aliphatic heterocycles. The van der Waals surface area contributed by atoms with Gasteiger partial charge in [-0.2, -0.15) is 0 Å². The highest BCUT2D eigenvalue weighted by Crippen LogP contribution is 2.57. The Morgan fingerprint density at radius 2 is 1.05 bits per heavy atom. The number of nitrogens with zero attached hydrogens (tertiary/aromatic N) is 1. The summed E-state index contributed by atoms with van der Waals surface area (Å²) in [6.07, 6.45) is 6.19. The predicted molar refractivity (Wildman–Crippen MR) is 246 cm³/mol. The first-order chi connectivity index (χ1) is 28.6. The summed E-state index contributed by atoms with van der Waals surface area (Å²) in [4.78, 5) is 4.66. The van der Waals surface area contributed by atoms with E-state index >= 15 is 0 Å². The average Bonchev–Trinajstić information content (AvgIpc) is 3.59. The van der Waals surface area contributed by atoms with Crippen molar-refractivity contribution in [1.82, 2.24) is 4.98 Å². The Kier molecular flexibility index (Phi) is 7.84. The molecule has 0 atom stereocenters. The van der Waals surface area contributed by atoms with Crippen LogP contribution in [-0.2, 0) is 5.41 Å². The van der Waals surface area contributed by atoms with Gasteiger partial charge in [-0.15, -0.1) is 0 Å². The fourth-order valence-corrected chi connectivity index (χ4v) is 9.73. The molecule has 1 heterocycles. The molecule has 1 heteroatoms. The van der Waals surface area contributed by atoms with Crippen LogP contribution in [0.3, 0.4) is 0 Å². The lowest BCUT2D eigenvalue weighted by Crippen LogP contribution is -2.28. The zero-order valence-electron chi connectivity index (χ0n) is 32.3. The molecule has 9 aromatic carbocycles. The lowest BCUT2D eigenvalue weighted by molar-refractivity contribution is 0.768. The van der Waals surface area contributed by atoms with Crippen LogP contribution in [-0.4, -0.2) is 4.98 Å². The van der Waals surface area contributed by atoms with Crippen molar-refractivity contribution in [1.29, 1.82) is 0 Å². The molecule has 1 aliphatic carbocycles. The summed E-state index contributed by atoms with van der Waals surface area (Å²) in [5.41, 5.74) is 14.8. The van der Waals surface area contributed by atoms with Gasteiger partial charge >= 0.3 is 0 Å². The summed E-state index contributed by atoms with van der Waals surface area (Å²) in [5, 5.41) is 8.86. The Morgan fingerprint density at radius 1 is 0.500 bits per heavy atom. The summed E-state index contributed by atoms with van der Waals surface area (Å²) < 4.78 is 0. The van der Waals surface area contributed by atoms with Gasteiger partial charge in [0.1, 0.15) is 0 Å². The molecule has 272 valence electrons. The first-order valence-corrected chi connectivity index (χ1v) is 20.1. The third-order valence-corrected chi connectivity index (χ3v) is 12.5. The van der Waals surface area contributed by atoms with Gasteiger partial charge in [-0.3, -0.25) is 4.98 Å². The van der Waals surface area contributed by atoms with Gasteiger partial charge in [-0.25, -0.2) is 0 Å². The highest BCUT2D eigenvalue weighted by Gasteiger charge is 2.46. The molecule has 0 N–H and O–H groups in total. The zero-order valence-corrected chi connectivity index (χ0v) is 32.3.